The number of hydrogen-bond acceptors (Lipinski definition) is 2. The molecule has 4 heteroatoms. The summed E-state index contributed by atoms with van der Waals surface area (Å²) in [7, 11) is 0. The fourth-order valence-electron chi connectivity index (χ4n) is 2.90. The van der Waals surface area contributed by atoms with Gasteiger partial charge in [0.05, 0.1) is 0 Å². The smallest absolute Gasteiger partial charge is 0.251 e. The number of halogens is 1. The van der Waals surface area contributed by atoms with Gasteiger partial charge in [-0.3, -0.25) is 4.79 Å². The predicted octanol–water partition coefficient (Wildman–Crippen LogP) is 3.11. The van der Waals surface area contributed by atoms with Crippen molar-refractivity contribution in [2.45, 2.75) is 44.7 Å². The average molecular weight is 337 g/mol. The number of benzene rings is 1. The highest BCUT2D eigenvalue weighted by molar-refractivity contribution is 9.10. The Labute approximate surface area is 128 Å². The average Bonchev–Trinajstić information content (AvgIpc) is 3.27. The van der Waals surface area contributed by atoms with Crippen molar-refractivity contribution in [1.82, 2.24) is 10.2 Å². The maximum Gasteiger partial charge on any atom is 0.251 e. The molecule has 3 rings (SSSR count). The fourth-order valence-corrected chi connectivity index (χ4v) is 3.15. The number of likely N-dealkylation sites (tertiary alicyclic amines) is 1. The SMILES string of the molecule is Cc1cc(C(=O)NC2CCN(C3CC3)CC2)ccc1Br. The first-order chi connectivity index (χ1) is 9.63. The molecule has 2 fully saturated rings. The molecule has 0 unspecified atom stereocenters. The maximum atomic E-state index is 12.3. The van der Waals surface area contributed by atoms with Crippen molar-refractivity contribution < 1.29 is 4.79 Å². The number of nitrogens with one attached hydrogen (secondary N) is 1. The summed E-state index contributed by atoms with van der Waals surface area (Å²) < 4.78 is 1.05. The van der Waals surface area contributed by atoms with Gasteiger partial charge in [-0.1, -0.05) is 15.9 Å². The third-order valence-corrected chi connectivity index (χ3v) is 5.24. The third-order valence-electron chi connectivity index (χ3n) is 4.35. The molecule has 1 saturated heterocycles. The lowest BCUT2D eigenvalue weighted by Gasteiger charge is -2.32. The molecule has 0 atom stereocenters. The summed E-state index contributed by atoms with van der Waals surface area (Å²) in [4.78, 5) is 14.8. The topological polar surface area (TPSA) is 32.3 Å². The van der Waals surface area contributed by atoms with Gasteiger partial charge in [-0.05, 0) is 56.4 Å². The Balaban J connectivity index is 1.54. The molecular formula is C16H21BrN2O. The molecule has 0 spiro atoms. The summed E-state index contributed by atoms with van der Waals surface area (Å²) in [5.41, 5.74) is 1.86. The van der Waals surface area contributed by atoms with Gasteiger partial charge in [0.15, 0.2) is 0 Å². The minimum absolute atomic E-state index is 0.0606. The quantitative estimate of drug-likeness (QED) is 0.919. The Morgan fingerprint density at radius 1 is 1.25 bits per heavy atom. The minimum atomic E-state index is 0.0606. The van der Waals surface area contributed by atoms with Gasteiger partial charge in [-0.2, -0.15) is 0 Å². The molecule has 1 amide bonds. The van der Waals surface area contributed by atoms with E-state index in [1.54, 1.807) is 0 Å². The van der Waals surface area contributed by atoms with Crippen LogP contribution in [0.5, 0.6) is 0 Å². The van der Waals surface area contributed by atoms with E-state index in [1.165, 1.54) is 12.8 Å². The Morgan fingerprint density at radius 3 is 2.55 bits per heavy atom. The molecule has 1 aromatic rings. The van der Waals surface area contributed by atoms with Crippen molar-refractivity contribution in [3.05, 3.63) is 33.8 Å². The van der Waals surface area contributed by atoms with Crippen LogP contribution in [-0.2, 0) is 0 Å². The van der Waals surface area contributed by atoms with Crippen LogP contribution in [0.4, 0.5) is 0 Å². The molecule has 0 radical (unpaired) electrons. The maximum absolute atomic E-state index is 12.3. The Kier molecular flexibility index (Phi) is 4.13. The number of rotatable bonds is 3. The molecular weight excluding hydrogens is 316 g/mol. The van der Waals surface area contributed by atoms with E-state index in [-0.39, 0.29) is 5.91 Å². The van der Waals surface area contributed by atoms with Gasteiger partial charge >= 0.3 is 0 Å². The summed E-state index contributed by atoms with van der Waals surface area (Å²) in [6, 6.07) is 6.95. The Morgan fingerprint density at radius 2 is 1.95 bits per heavy atom. The van der Waals surface area contributed by atoms with Crippen LogP contribution in [0.15, 0.2) is 22.7 Å². The highest BCUT2D eigenvalue weighted by atomic mass is 79.9. The van der Waals surface area contributed by atoms with Crippen LogP contribution in [0.25, 0.3) is 0 Å². The van der Waals surface area contributed by atoms with Crippen molar-refractivity contribution in [2.24, 2.45) is 0 Å². The van der Waals surface area contributed by atoms with Crippen LogP contribution < -0.4 is 5.32 Å². The second-order valence-electron chi connectivity index (χ2n) is 5.98. The fraction of sp³-hybridized carbons (Fsp3) is 0.562. The first-order valence-corrected chi connectivity index (χ1v) is 8.24. The number of hydrogen-bond donors (Lipinski definition) is 1. The molecule has 1 aromatic carbocycles. The number of carbonyl (C=O) groups excluding carboxylic acids is 1. The zero-order chi connectivity index (χ0) is 14.1. The van der Waals surface area contributed by atoms with E-state index in [0.29, 0.717) is 6.04 Å². The molecule has 108 valence electrons. The molecule has 3 nitrogen and oxygen atoms in total. The molecule has 0 bridgehead atoms. The van der Waals surface area contributed by atoms with Gasteiger partial charge in [0.25, 0.3) is 5.91 Å². The van der Waals surface area contributed by atoms with Crippen LogP contribution in [-0.4, -0.2) is 36.0 Å². The van der Waals surface area contributed by atoms with E-state index in [4.69, 9.17) is 0 Å². The van der Waals surface area contributed by atoms with Crippen LogP contribution in [0.3, 0.4) is 0 Å². The largest absolute Gasteiger partial charge is 0.349 e. The lowest BCUT2D eigenvalue weighted by atomic mass is 10.0. The molecule has 1 saturated carbocycles. The van der Waals surface area contributed by atoms with E-state index in [0.717, 1.165) is 47.6 Å². The van der Waals surface area contributed by atoms with Crippen molar-refractivity contribution in [3.8, 4) is 0 Å². The molecule has 0 aromatic heterocycles. The second kappa shape index (κ2) is 5.86. The first-order valence-electron chi connectivity index (χ1n) is 7.44. The zero-order valence-corrected chi connectivity index (χ0v) is 13.4. The van der Waals surface area contributed by atoms with Crippen LogP contribution in [0, 0.1) is 6.92 Å². The molecule has 1 aliphatic heterocycles. The number of carbonyl (C=O) groups is 1. The first kappa shape index (κ1) is 14.1. The van der Waals surface area contributed by atoms with Crippen LogP contribution in [0.2, 0.25) is 0 Å². The van der Waals surface area contributed by atoms with E-state index >= 15 is 0 Å². The molecule has 1 heterocycles. The summed E-state index contributed by atoms with van der Waals surface area (Å²) in [6.07, 6.45) is 4.90. The second-order valence-corrected chi connectivity index (χ2v) is 6.83. The number of nitrogens with zero attached hydrogens (tertiary/aromatic N) is 1. The van der Waals surface area contributed by atoms with Crippen molar-refractivity contribution in [3.63, 3.8) is 0 Å². The van der Waals surface area contributed by atoms with E-state index in [9.17, 15) is 4.79 Å². The number of piperidine rings is 1. The van der Waals surface area contributed by atoms with Gasteiger partial charge in [0.1, 0.15) is 0 Å². The van der Waals surface area contributed by atoms with Gasteiger partial charge < -0.3 is 10.2 Å². The number of aryl methyl sites for hydroxylation is 1. The van der Waals surface area contributed by atoms with E-state index < -0.39 is 0 Å². The van der Waals surface area contributed by atoms with Gasteiger partial charge in [0, 0.05) is 35.2 Å². The van der Waals surface area contributed by atoms with E-state index in [1.807, 2.05) is 25.1 Å². The van der Waals surface area contributed by atoms with Gasteiger partial charge in [-0.25, -0.2) is 0 Å². The van der Waals surface area contributed by atoms with Crippen LogP contribution >= 0.6 is 15.9 Å². The minimum Gasteiger partial charge on any atom is -0.349 e. The van der Waals surface area contributed by atoms with Crippen molar-refractivity contribution in [2.75, 3.05) is 13.1 Å². The monoisotopic (exact) mass is 336 g/mol. The standard InChI is InChI=1S/C16H21BrN2O/c1-11-10-12(2-5-15(11)17)16(20)18-13-6-8-19(9-7-13)14-3-4-14/h2,5,10,13-14H,3-4,6-9H2,1H3,(H,18,20). The lowest BCUT2D eigenvalue weighted by Crippen LogP contribution is -2.45. The third kappa shape index (κ3) is 3.23. The molecule has 1 N–H and O–H groups in total. The molecule has 20 heavy (non-hydrogen) atoms. The summed E-state index contributed by atoms with van der Waals surface area (Å²) >= 11 is 3.47. The van der Waals surface area contributed by atoms with Crippen molar-refractivity contribution >= 4 is 21.8 Å². The highest BCUT2D eigenvalue weighted by Crippen LogP contribution is 2.29. The lowest BCUT2D eigenvalue weighted by molar-refractivity contribution is 0.0909. The van der Waals surface area contributed by atoms with Gasteiger partial charge in [-0.15, -0.1) is 0 Å². The zero-order valence-electron chi connectivity index (χ0n) is 11.9. The highest BCUT2D eigenvalue weighted by Gasteiger charge is 2.32. The number of amides is 1. The summed E-state index contributed by atoms with van der Waals surface area (Å²) in [6.45, 7) is 4.28. The Hall–Kier alpha value is -0.870. The predicted molar refractivity (Wildman–Crippen MR) is 84.0 cm³/mol. The van der Waals surface area contributed by atoms with Gasteiger partial charge in [0.2, 0.25) is 0 Å². The normalized spacial score (nSPS) is 20.9. The summed E-state index contributed by atoms with van der Waals surface area (Å²) in [5, 5.41) is 3.18. The molecule has 1 aliphatic carbocycles. The van der Waals surface area contributed by atoms with Crippen molar-refractivity contribution in [1.29, 1.82) is 0 Å². The Bertz CT molecular complexity index is 505. The summed E-state index contributed by atoms with van der Waals surface area (Å²) in [5.74, 6) is 0.0606. The molecule has 2 aliphatic rings. The van der Waals surface area contributed by atoms with Crippen LogP contribution in [0.1, 0.15) is 41.6 Å². The van der Waals surface area contributed by atoms with E-state index in [2.05, 4.69) is 26.1 Å².